The Morgan fingerprint density at radius 1 is 1.19 bits per heavy atom. The highest BCUT2D eigenvalue weighted by Crippen LogP contribution is 2.47. The molecule has 1 aliphatic rings. The summed E-state index contributed by atoms with van der Waals surface area (Å²) in [5.74, 6) is 0. The monoisotopic (exact) mass is 348 g/mol. The predicted octanol–water partition coefficient (Wildman–Crippen LogP) is 3.48. The van der Waals surface area contributed by atoms with Gasteiger partial charge in [0.25, 0.3) is 0 Å². The van der Waals surface area contributed by atoms with Crippen molar-refractivity contribution < 1.29 is 0 Å². The summed E-state index contributed by atoms with van der Waals surface area (Å²) in [6, 6.07) is 10.6. The van der Waals surface area contributed by atoms with E-state index in [2.05, 4.69) is 56.6 Å². The van der Waals surface area contributed by atoms with Crippen LogP contribution >= 0.6 is 15.9 Å². The minimum absolute atomic E-state index is 0.0164. The number of aryl methyl sites for hydroxylation is 1. The van der Waals surface area contributed by atoms with Gasteiger partial charge >= 0.3 is 0 Å². The van der Waals surface area contributed by atoms with Gasteiger partial charge < -0.3 is 5.73 Å². The first-order chi connectivity index (χ1) is 10.1. The molecule has 1 aromatic carbocycles. The van der Waals surface area contributed by atoms with Gasteiger partial charge in [0.1, 0.15) is 0 Å². The molecule has 0 bridgehead atoms. The molecule has 5 heteroatoms. The lowest BCUT2D eigenvalue weighted by atomic mass is 9.64. The lowest BCUT2D eigenvalue weighted by Gasteiger charge is -2.42. The fourth-order valence-electron chi connectivity index (χ4n) is 3.66. The molecule has 1 fully saturated rings. The molecule has 21 heavy (non-hydrogen) atoms. The van der Waals surface area contributed by atoms with Gasteiger partial charge in [0.2, 0.25) is 0 Å². The normalized spacial score (nSPS) is 19.4. The van der Waals surface area contributed by atoms with Gasteiger partial charge in [-0.05, 0) is 34.3 Å². The molecule has 3 rings (SSSR count). The average molecular weight is 349 g/mol. The Hall–Kier alpha value is -1.20. The Morgan fingerprint density at radius 2 is 1.86 bits per heavy atom. The molecule has 1 heterocycles. The van der Waals surface area contributed by atoms with E-state index in [4.69, 9.17) is 5.73 Å². The lowest BCUT2D eigenvalue weighted by Crippen LogP contribution is -2.41. The number of aromatic nitrogens is 3. The first-order valence-corrected chi connectivity index (χ1v) is 8.30. The third kappa shape index (κ3) is 2.53. The number of hydrogen-bond acceptors (Lipinski definition) is 3. The number of rotatable bonds is 3. The van der Waals surface area contributed by atoms with Gasteiger partial charge in [0, 0.05) is 12.5 Å². The zero-order valence-electron chi connectivity index (χ0n) is 12.3. The summed E-state index contributed by atoms with van der Waals surface area (Å²) in [6.07, 6.45) is 5.99. The molecular formula is C16H21BrN4. The molecule has 1 aromatic heterocycles. The van der Waals surface area contributed by atoms with Crippen molar-refractivity contribution in [2.45, 2.75) is 43.6 Å². The molecule has 4 nitrogen and oxygen atoms in total. The van der Waals surface area contributed by atoms with Crippen LogP contribution in [0.15, 0.2) is 34.9 Å². The maximum Gasteiger partial charge on any atom is 0.153 e. The van der Waals surface area contributed by atoms with Crippen molar-refractivity contribution in [3.05, 3.63) is 46.2 Å². The van der Waals surface area contributed by atoms with Crippen molar-refractivity contribution >= 4 is 15.9 Å². The largest absolute Gasteiger partial charge is 0.322 e. The van der Waals surface area contributed by atoms with Crippen LogP contribution in [-0.2, 0) is 12.5 Å². The molecule has 2 N–H and O–H groups in total. The Labute approximate surface area is 133 Å². The summed E-state index contributed by atoms with van der Waals surface area (Å²) in [6.45, 7) is 0. The van der Waals surface area contributed by atoms with Gasteiger partial charge in [0.15, 0.2) is 4.60 Å². The lowest BCUT2D eigenvalue weighted by molar-refractivity contribution is 0.237. The van der Waals surface area contributed by atoms with E-state index in [9.17, 15) is 0 Å². The second kappa shape index (κ2) is 5.89. The van der Waals surface area contributed by atoms with Crippen molar-refractivity contribution in [2.24, 2.45) is 12.8 Å². The van der Waals surface area contributed by atoms with Gasteiger partial charge in [-0.3, -0.25) is 0 Å². The summed E-state index contributed by atoms with van der Waals surface area (Å²) in [5.41, 5.74) is 9.06. The maximum atomic E-state index is 6.75. The van der Waals surface area contributed by atoms with Crippen LogP contribution in [0.5, 0.6) is 0 Å². The molecule has 1 unspecified atom stereocenters. The van der Waals surface area contributed by atoms with E-state index in [0.29, 0.717) is 0 Å². The zero-order valence-corrected chi connectivity index (χ0v) is 13.9. The fraction of sp³-hybridized carbons (Fsp3) is 0.500. The second-order valence-corrected chi connectivity index (χ2v) is 6.70. The highest BCUT2D eigenvalue weighted by atomic mass is 79.9. The number of hydrogen-bond donors (Lipinski definition) is 1. The first-order valence-electron chi connectivity index (χ1n) is 7.51. The van der Waals surface area contributed by atoms with Gasteiger partial charge in [-0.25, -0.2) is 4.68 Å². The topological polar surface area (TPSA) is 56.7 Å². The average Bonchev–Trinajstić information content (AvgIpc) is 2.87. The molecule has 1 aliphatic carbocycles. The van der Waals surface area contributed by atoms with Crippen LogP contribution in [0.1, 0.15) is 49.4 Å². The Kier molecular flexibility index (Phi) is 4.13. The second-order valence-electron chi connectivity index (χ2n) is 5.95. The number of nitrogens with zero attached hydrogens (tertiary/aromatic N) is 3. The first kappa shape index (κ1) is 14.7. The van der Waals surface area contributed by atoms with E-state index in [1.54, 1.807) is 4.68 Å². The van der Waals surface area contributed by atoms with Crippen molar-refractivity contribution in [3.8, 4) is 0 Å². The van der Waals surface area contributed by atoms with Crippen molar-refractivity contribution in [3.63, 3.8) is 0 Å². The molecule has 112 valence electrons. The maximum absolute atomic E-state index is 6.75. The number of benzene rings is 1. The summed E-state index contributed by atoms with van der Waals surface area (Å²) >= 11 is 3.51. The quantitative estimate of drug-likeness (QED) is 0.923. The molecule has 0 spiro atoms. The summed E-state index contributed by atoms with van der Waals surface area (Å²) < 4.78 is 2.56. The summed E-state index contributed by atoms with van der Waals surface area (Å²) in [4.78, 5) is 0. The van der Waals surface area contributed by atoms with Crippen LogP contribution in [0.3, 0.4) is 0 Å². The highest BCUT2D eigenvalue weighted by molar-refractivity contribution is 9.10. The van der Waals surface area contributed by atoms with E-state index < -0.39 is 0 Å². The van der Waals surface area contributed by atoms with Gasteiger partial charge in [0.05, 0.1) is 11.7 Å². The Morgan fingerprint density at radius 3 is 2.43 bits per heavy atom. The fourth-order valence-corrected chi connectivity index (χ4v) is 4.24. The van der Waals surface area contributed by atoms with E-state index in [-0.39, 0.29) is 11.5 Å². The Bertz CT molecular complexity index is 582. The summed E-state index contributed by atoms with van der Waals surface area (Å²) in [5, 5.41) is 8.20. The molecule has 1 atom stereocenters. The third-order valence-corrected chi connectivity index (χ3v) is 5.38. The minimum atomic E-state index is -0.102. The number of halogens is 1. The van der Waals surface area contributed by atoms with Gasteiger partial charge in [-0.15, -0.1) is 5.10 Å². The van der Waals surface area contributed by atoms with Crippen LogP contribution in [0.25, 0.3) is 0 Å². The summed E-state index contributed by atoms with van der Waals surface area (Å²) in [7, 11) is 1.91. The molecule has 0 saturated heterocycles. The molecular weight excluding hydrogens is 328 g/mol. The third-order valence-electron chi connectivity index (χ3n) is 4.81. The number of nitrogens with two attached hydrogens (primary N) is 1. The van der Waals surface area contributed by atoms with Crippen LogP contribution < -0.4 is 5.73 Å². The van der Waals surface area contributed by atoms with E-state index in [1.807, 2.05) is 7.05 Å². The van der Waals surface area contributed by atoms with Crippen LogP contribution in [-0.4, -0.2) is 15.0 Å². The molecule has 0 amide bonds. The Balaban J connectivity index is 2.08. The van der Waals surface area contributed by atoms with Crippen molar-refractivity contribution in [2.75, 3.05) is 0 Å². The van der Waals surface area contributed by atoms with Gasteiger partial charge in [-0.1, -0.05) is 54.8 Å². The minimum Gasteiger partial charge on any atom is -0.322 e. The smallest absolute Gasteiger partial charge is 0.153 e. The highest BCUT2D eigenvalue weighted by Gasteiger charge is 2.42. The van der Waals surface area contributed by atoms with Crippen molar-refractivity contribution in [1.82, 2.24) is 15.0 Å². The SMILES string of the molecule is Cn1nnc(Br)c1C(N)C1(c2ccccc2)CCCCC1. The van der Waals surface area contributed by atoms with E-state index in [1.165, 1.54) is 24.8 Å². The van der Waals surface area contributed by atoms with Crippen molar-refractivity contribution in [1.29, 1.82) is 0 Å². The van der Waals surface area contributed by atoms with E-state index in [0.717, 1.165) is 23.1 Å². The molecule has 1 saturated carbocycles. The molecule has 2 aromatic rings. The van der Waals surface area contributed by atoms with E-state index >= 15 is 0 Å². The van der Waals surface area contributed by atoms with Crippen LogP contribution in [0.2, 0.25) is 0 Å². The molecule has 0 aliphatic heterocycles. The van der Waals surface area contributed by atoms with Crippen LogP contribution in [0.4, 0.5) is 0 Å². The standard InChI is InChI=1S/C16H21BrN4/c1-21-13(15(17)19-20-21)14(18)16(10-6-3-7-11-16)12-8-4-2-5-9-12/h2,4-5,8-9,14H,3,6-7,10-11,18H2,1H3. The molecule has 0 radical (unpaired) electrons. The predicted molar refractivity (Wildman–Crippen MR) is 86.8 cm³/mol. The van der Waals surface area contributed by atoms with Gasteiger partial charge in [-0.2, -0.15) is 0 Å². The zero-order chi connectivity index (χ0) is 14.9. The van der Waals surface area contributed by atoms with Crippen LogP contribution in [0, 0.1) is 0 Å².